The normalized spacial score (nSPS) is 13.7. The molecule has 0 saturated carbocycles. The highest BCUT2D eigenvalue weighted by Gasteiger charge is 2.52. The van der Waals surface area contributed by atoms with Gasteiger partial charge in [-0.2, -0.15) is 0 Å². The van der Waals surface area contributed by atoms with Gasteiger partial charge in [-0.1, -0.05) is 140 Å². The largest absolute Gasteiger partial charge is 0.207 e. The fourth-order valence-electron chi connectivity index (χ4n) is 12.4. The van der Waals surface area contributed by atoms with Crippen molar-refractivity contribution in [2.24, 2.45) is 0 Å². The maximum Gasteiger partial charge on any atom is 0.124 e. The van der Waals surface area contributed by atoms with Gasteiger partial charge in [-0.25, -0.2) is 8.78 Å². The van der Waals surface area contributed by atoms with Crippen molar-refractivity contribution >= 4 is 75.4 Å². The Morgan fingerprint density at radius 2 is 0.698 bits per heavy atom. The fraction of sp³-hybridized carbons (Fsp3) is 0.0164. The Morgan fingerprint density at radius 1 is 0.270 bits per heavy atom. The third-order valence-corrected chi connectivity index (χ3v) is 14.7. The van der Waals surface area contributed by atoms with E-state index in [0.717, 1.165) is 65.0 Å². The zero-order chi connectivity index (χ0) is 41.3. The molecule has 2 aliphatic carbocycles. The van der Waals surface area contributed by atoms with Gasteiger partial charge < -0.3 is 0 Å². The highest BCUT2D eigenvalue weighted by molar-refractivity contribution is 6.25. The van der Waals surface area contributed by atoms with Crippen LogP contribution in [-0.4, -0.2) is 0 Å². The van der Waals surface area contributed by atoms with Crippen molar-refractivity contribution in [3.8, 4) is 44.5 Å². The summed E-state index contributed by atoms with van der Waals surface area (Å²) in [7, 11) is 0. The van der Waals surface area contributed by atoms with Gasteiger partial charge in [0.1, 0.15) is 11.6 Å². The van der Waals surface area contributed by atoms with Crippen LogP contribution in [0.1, 0.15) is 22.3 Å². The number of hydrogen-bond acceptors (Lipinski definition) is 0. The topological polar surface area (TPSA) is 0 Å². The smallest absolute Gasteiger partial charge is 0.124 e. The van der Waals surface area contributed by atoms with E-state index in [4.69, 9.17) is 0 Å². The highest BCUT2D eigenvalue weighted by atomic mass is 19.1. The molecule has 0 heterocycles. The molecule has 0 amide bonds. The molecule has 2 aliphatic rings. The van der Waals surface area contributed by atoms with E-state index in [2.05, 4.69) is 170 Å². The lowest BCUT2D eigenvalue weighted by Gasteiger charge is -2.32. The van der Waals surface area contributed by atoms with Crippen LogP contribution >= 0.6 is 0 Å². The Kier molecular flexibility index (Phi) is 6.27. The molecule has 1 spiro atoms. The standard InChI is InChI=1S/C61H32F2/c62-44-28-38-16-12-34-24-42(25-35-13-17-39(29-44)58(38)56(34)35)33-20-21-50-52-23-22-47-46(43-26-36-14-18-40-30-45(63)31-41-19-15-37(27-43)57(36)59(40)41)8-5-9-51(47)60(52)61(55(50)32-33)53-10-3-1-6-48(53)49-7-2-4-11-54(49)61/h1-32H. The van der Waals surface area contributed by atoms with E-state index in [1.807, 2.05) is 0 Å². The average Bonchev–Trinajstić information content (AvgIpc) is 3.79. The van der Waals surface area contributed by atoms with Crippen molar-refractivity contribution in [1.82, 2.24) is 0 Å². The molecule has 0 N–H and O–H groups in total. The third-order valence-electron chi connectivity index (χ3n) is 14.7. The quantitative estimate of drug-likeness (QED) is 0.153. The Morgan fingerprint density at radius 3 is 1.22 bits per heavy atom. The molecule has 0 bridgehead atoms. The van der Waals surface area contributed by atoms with Crippen LogP contribution in [0, 0.1) is 11.6 Å². The lowest BCUT2D eigenvalue weighted by molar-refractivity contribution is 0.630. The van der Waals surface area contributed by atoms with Crippen LogP contribution in [0.2, 0.25) is 0 Å². The van der Waals surface area contributed by atoms with Crippen LogP contribution < -0.4 is 0 Å². The molecule has 0 saturated heterocycles. The summed E-state index contributed by atoms with van der Waals surface area (Å²) in [4.78, 5) is 0. The fourth-order valence-corrected chi connectivity index (χ4v) is 12.4. The predicted octanol–water partition coefficient (Wildman–Crippen LogP) is 16.6. The highest BCUT2D eigenvalue weighted by Crippen LogP contribution is 2.64. The van der Waals surface area contributed by atoms with Gasteiger partial charge in [-0.15, -0.1) is 0 Å². The summed E-state index contributed by atoms with van der Waals surface area (Å²) in [5.74, 6) is -0.415. The molecule has 0 radical (unpaired) electrons. The molecule has 0 aliphatic heterocycles. The van der Waals surface area contributed by atoms with Crippen molar-refractivity contribution < 1.29 is 8.78 Å². The SMILES string of the molecule is Fc1cc2ccc3cc(-c4ccc5c(c4)C4(c6ccccc6-c6ccccc64)c4c-5ccc5c(-c6cc7ccc8cc(F)cc9ccc(c6)c7c89)cccc45)cc4ccc(c1)c2c34. The molecule has 0 fully saturated rings. The Labute approximate surface area is 360 Å². The zero-order valence-electron chi connectivity index (χ0n) is 33.7. The summed E-state index contributed by atoms with van der Waals surface area (Å²) in [6.45, 7) is 0. The molecule has 0 nitrogen and oxygen atoms in total. The number of fused-ring (bicyclic) bond motifs is 12. The van der Waals surface area contributed by atoms with Crippen LogP contribution in [0.3, 0.4) is 0 Å². The third kappa shape index (κ3) is 4.23. The molecule has 15 rings (SSSR count). The van der Waals surface area contributed by atoms with E-state index in [0.29, 0.717) is 0 Å². The molecule has 0 aromatic heterocycles. The van der Waals surface area contributed by atoms with Crippen LogP contribution in [0.5, 0.6) is 0 Å². The summed E-state index contributed by atoms with van der Waals surface area (Å²) in [6.07, 6.45) is 0. The van der Waals surface area contributed by atoms with Gasteiger partial charge in [0.25, 0.3) is 0 Å². The lowest BCUT2D eigenvalue weighted by Crippen LogP contribution is -2.26. The Hall–Kier alpha value is -7.94. The lowest BCUT2D eigenvalue weighted by atomic mass is 9.69. The summed E-state index contributed by atoms with van der Waals surface area (Å²) in [5, 5.41) is 15.4. The maximum absolute atomic E-state index is 14.6. The summed E-state index contributed by atoms with van der Waals surface area (Å²) in [6, 6.07) is 69.4. The van der Waals surface area contributed by atoms with Crippen LogP contribution in [-0.2, 0) is 5.41 Å². The summed E-state index contributed by atoms with van der Waals surface area (Å²) >= 11 is 0. The Bertz CT molecular complexity index is 3990. The first-order valence-electron chi connectivity index (χ1n) is 21.7. The number of benzene rings is 13. The maximum atomic E-state index is 14.6. The molecule has 0 atom stereocenters. The number of hydrogen-bond donors (Lipinski definition) is 0. The van der Waals surface area contributed by atoms with Gasteiger partial charge in [0.05, 0.1) is 5.41 Å². The van der Waals surface area contributed by atoms with Gasteiger partial charge in [-0.3, -0.25) is 0 Å². The molecule has 290 valence electrons. The zero-order valence-corrected chi connectivity index (χ0v) is 33.7. The molecular weight excluding hydrogens is 771 g/mol. The first kappa shape index (κ1) is 33.7. The van der Waals surface area contributed by atoms with Crippen molar-refractivity contribution in [1.29, 1.82) is 0 Å². The van der Waals surface area contributed by atoms with Gasteiger partial charge in [0.2, 0.25) is 0 Å². The molecule has 63 heavy (non-hydrogen) atoms. The first-order chi connectivity index (χ1) is 31.0. The second kappa shape index (κ2) is 11.7. The first-order valence-corrected chi connectivity index (χ1v) is 21.7. The van der Waals surface area contributed by atoms with Crippen molar-refractivity contribution in [2.45, 2.75) is 5.41 Å². The van der Waals surface area contributed by atoms with E-state index in [-0.39, 0.29) is 11.6 Å². The Balaban J connectivity index is 0.988. The van der Waals surface area contributed by atoms with Crippen molar-refractivity contribution in [3.05, 3.63) is 228 Å². The second-order valence-corrected chi connectivity index (χ2v) is 17.8. The van der Waals surface area contributed by atoms with Crippen LogP contribution in [0.25, 0.3) is 120 Å². The monoisotopic (exact) mass is 802 g/mol. The van der Waals surface area contributed by atoms with E-state index < -0.39 is 5.41 Å². The molecule has 13 aromatic carbocycles. The van der Waals surface area contributed by atoms with E-state index in [9.17, 15) is 8.78 Å². The van der Waals surface area contributed by atoms with Crippen molar-refractivity contribution in [3.63, 3.8) is 0 Å². The molecule has 2 heteroatoms. The van der Waals surface area contributed by atoms with Gasteiger partial charge in [-0.05, 0) is 197 Å². The minimum Gasteiger partial charge on any atom is -0.207 e. The predicted molar refractivity (Wildman–Crippen MR) is 258 cm³/mol. The summed E-state index contributed by atoms with van der Waals surface area (Å²) in [5.41, 5.74) is 14.4. The van der Waals surface area contributed by atoms with E-state index in [1.54, 1.807) is 24.3 Å². The molecule has 13 aromatic rings. The second-order valence-electron chi connectivity index (χ2n) is 17.8. The number of halogens is 2. The van der Waals surface area contributed by atoms with Gasteiger partial charge in [0, 0.05) is 0 Å². The van der Waals surface area contributed by atoms with Crippen LogP contribution in [0.15, 0.2) is 194 Å². The minimum atomic E-state index is -0.561. The molecule has 0 unspecified atom stereocenters. The van der Waals surface area contributed by atoms with E-state index in [1.165, 1.54) is 77.2 Å². The van der Waals surface area contributed by atoms with Crippen molar-refractivity contribution in [2.75, 3.05) is 0 Å². The van der Waals surface area contributed by atoms with E-state index >= 15 is 0 Å². The van der Waals surface area contributed by atoms with Crippen LogP contribution in [0.4, 0.5) is 8.78 Å². The molecular formula is C61H32F2. The van der Waals surface area contributed by atoms with Gasteiger partial charge >= 0.3 is 0 Å². The summed E-state index contributed by atoms with van der Waals surface area (Å²) < 4.78 is 29.2. The van der Waals surface area contributed by atoms with Gasteiger partial charge in [0.15, 0.2) is 0 Å². The average molecular weight is 803 g/mol. The minimum absolute atomic E-state index is 0.207. The number of rotatable bonds is 2.